The predicted molar refractivity (Wildman–Crippen MR) is 89.9 cm³/mol. The first-order chi connectivity index (χ1) is 11.1. The smallest absolute Gasteiger partial charge is 0.253 e. The van der Waals surface area contributed by atoms with Crippen molar-refractivity contribution >= 4 is 23.2 Å². The highest BCUT2D eigenvalue weighted by Gasteiger charge is 2.23. The van der Waals surface area contributed by atoms with E-state index in [1.54, 1.807) is 12.1 Å². The van der Waals surface area contributed by atoms with Crippen LogP contribution < -0.4 is 10.6 Å². The average Bonchev–Trinajstić information content (AvgIpc) is 2.88. The lowest BCUT2D eigenvalue weighted by atomic mass is 10.1. The molecule has 122 valence electrons. The van der Waals surface area contributed by atoms with Crippen molar-refractivity contribution in [3.05, 3.63) is 40.4 Å². The van der Waals surface area contributed by atoms with Crippen LogP contribution in [0.1, 0.15) is 35.4 Å². The van der Waals surface area contributed by atoms with E-state index in [4.69, 9.17) is 11.6 Å². The van der Waals surface area contributed by atoms with Crippen LogP contribution in [0.15, 0.2) is 18.2 Å². The average molecular weight is 334 g/mol. The Morgan fingerprint density at radius 1 is 1.48 bits per heavy atom. The van der Waals surface area contributed by atoms with Gasteiger partial charge in [0.1, 0.15) is 11.6 Å². The molecule has 0 bridgehead atoms. The third kappa shape index (κ3) is 3.47. The number of rotatable bonds is 4. The number of nitrogens with one attached hydrogen (secondary N) is 2. The maximum Gasteiger partial charge on any atom is 0.253 e. The lowest BCUT2D eigenvalue weighted by molar-refractivity contribution is 0.0927. The van der Waals surface area contributed by atoms with Gasteiger partial charge in [0.25, 0.3) is 5.91 Å². The van der Waals surface area contributed by atoms with Gasteiger partial charge in [-0.1, -0.05) is 11.6 Å². The van der Waals surface area contributed by atoms with Crippen molar-refractivity contribution in [3.8, 4) is 0 Å². The van der Waals surface area contributed by atoms with Crippen LogP contribution in [0.4, 0.5) is 5.69 Å². The van der Waals surface area contributed by atoms with Gasteiger partial charge in [-0.15, -0.1) is 0 Å². The van der Waals surface area contributed by atoms with Gasteiger partial charge in [-0.3, -0.25) is 4.79 Å². The van der Waals surface area contributed by atoms with Gasteiger partial charge in [0.2, 0.25) is 0 Å². The number of carbonyl (C=O) groups excluding carboxylic acids is 1. The van der Waals surface area contributed by atoms with E-state index in [-0.39, 0.29) is 11.9 Å². The number of aryl methyl sites for hydroxylation is 2. The molecule has 1 aliphatic heterocycles. The number of nitrogens with zero attached hydrogens (tertiary/aromatic N) is 3. The molecule has 0 aliphatic carbocycles. The zero-order valence-electron chi connectivity index (χ0n) is 13.3. The number of hydrogen-bond donors (Lipinski definition) is 2. The summed E-state index contributed by atoms with van der Waals surface area (Å²) in [4.78, 5) is 17.0. The number of benzene rings is 1. The number of aromatic nitrogens is 3. The lowest BCUT2D eigenvalue weighted by Crippen LogP contribution is -2.41. The second-order valence-corrected chi connectivity index (χ2v) is 6.12. The van der Waals surface area contributed by atoms with Gasteiger partial charge in [0.05, 0.1) is 12.1 Å². The zero-order valence-corrected chi connectivity index (χ0v) is 14.0. The van der Waals surface area contributed by atoms with Crippen molar-refractivity contribution in [1.82, 2.24) is 20.1 Å². The SMILES string of the molecule is CCNc1ccc(Cl)cc1C(=O)N[C@@H]1CCc2nc(C)nn2C1. The molecule has 0 saturated heterocycles. The Morgan fingerprint density at radius 2 is 2.30 bits per heavy atom. The van der Waals surface area contributed by atoms with Gasteiger partial charge >= 0.3 is 0 Å². The Labute approximate surface area is 140 Å². The van der Waals surface area contributed by atoms with Gasteiger partial charge in [-0.25, -0.2) is 9.67 Å². The van der Waals surface area contributed by atoms with Crippen molar-refractivity contribution in [2.24, 2.45) is 0 Å². The summed E-state index contributed by atoms with van der Waals surface area (Å²) in [6, 6.07) is 5.36. The molecule has 2 heterocycles. The van der Waals surface area contributed by atoms with Crippen LogP contribution in [0, 0.1) is 6.92 Å². The van der Waals surface area contributed by atoms with Gasteiger partial charge in [0, 0.05) is 29.7 Å². The molecule has 0 spiro atoms. The molecule has 1 aromatic heterocycles. The third-order valence-corrected chi connectivity index (χ3v) is 4.13. The fraction of sp³-hybridized carbons (Fsp3) is 0.438. The van der Waals surface area contributed by atoms with Gasteiger partial charge in [-0.05, 0) is 38.5 Å². The van der Waals surface area contributed by atoms with Crippen LogP contribution in [-0.4, -0.2) is 33.3 Å². The second-order valence-electron chi connectivity index (χ2n) is 5.69. The topological polar surface area (TPSA) is 71.8 Å². The number of carbonyl (C=O) groups is 1. The molecule has 1 amide bonds. The van der Waals surface area contributed by atoms with E-state index in [1.807, 2.05) is 24.6 Å². The molecule has 0 fully saturated rings. The van der Waals surface area contributed by atoms with E-state index in [1.165, 1.54) is 0 Å². The highest BCUT2D eigenvalue weighted by atomic mass is 35.5. The number of fused-ring (bicyclic) bond motifs is 1. The first kappa shape index (κ1) is 15.8. The molecule has 1 atom stereocenters. The molecule has 0 radical (unpaired) electrons. The minimum absolute atomic E-state index is 0.0459. The summed E-state index contributed by atoms with van der Waals surface area (Å²) in [6.07, 6.45) is 1.68. The number of halogens is 1. The standard InChI is InChI=1S/C16H20ClN5O/c1-3-18-14-6-4-11(17)8-13(14)16(23)20-12-5-7-15-19-10(2)21-22(15)9-12/h4,6,8,12,18H,3,5,7,9H2,1-2H3,(H,20,23)/t12-/m1/s1. The van der Waals surface area contributed by atoms with Crippen molar-refractivity contribution in [2.75, 3.05) is 11.9 Å². The minimum Gasteiger partial charge on any atom is -0.385 e. The molecule has 7 heteroatoms. The van der Waals surface area contributed by atoms with Gasteiger partial charge in [-0.2, -0.15) is 5.10 Å². The Balaban J connectivity index is 1.74. The summed E-state index contributed by atoms with van der Waals surface area (Å²) >= 11 is 6.04. The summed E-state index contributed by atoms with van der Waals surface area (Å²) in [7, 11) is 0. The van der Waals surface area contributed by atoms with Gasteiger partial charge in [0.15, 0.2) is 0 Å². The number of anilines is 1. The third-order valence-electron chi connectivity index (χ3n) is 3.89. The molecule has 0 saturated carbocycles. The summed E-state index contributed by atoms with van der Waals surface area (Å²) in [5.41, 5.74) is 1.36. The first-order valence-corrected chi connectivity index (χ1v) is 8.19. The normalized spacial score (nSPS) is 16.7. The van der Waals surface area contributed by atoms with Crippen LogP contribution in [0.3, 0.4) is 0 Å². The molecule has 3 rings (SSSR count). The summed E-state index contributed by atoms with van der Waals surface area (Å²) in [5, 5.41) is 11.2. The monoisotopic (exact) mass is 333 g/mol. The highest BCUT2D eigenvalue weighted by Crippen LogP contribution is 2.21. The Bertz CT molecular complexity index is 727. The summed E-state index contributed by atoms with van der Waals surface area (Å²) in [6.45, 7) is 5.27. The zero-order chi connectivity index (χ0) is 16.4. The number of amides is 1. The molecule has 2 N–H and O–H groups in total. The van der Waals surface area contributed by atoms with Crippen LogP contribution in [0.25, 0.3) is 0 Å². The van der Waals surface area contributed by atoms with Crippen molar-refractivity contribution in [3.63, 3.8) is 0 Å². The summed E-state index contributed by atoms with van der Waals surface area (Å²) in [5.74, 6) is 1.65. The van der Waals surface area contributed by atoms with Crippen LogP contribution in [0.5, 0.6) is 0 Å². The predicted octanol–water partition coefficient (Wildman–Crippen LogP) is 2.42. The maximum atomic E-state index is 12.6. The van der Waals surface area contributed by atoms with Crippen molar-refractivity contribution in [1.29, 1.82) is 0 Å². The van der Waals surface area contributed by atoms with Crippen molar-refractivity contribution < 1.29 is 4.79 Å². The minimum atomic E-state index is -0.117. The van der Waals surface area contributed by atoms with E-state index in [2.05, 4.69) is 20.7 Å². The first-order valence-electron chi connectivity index (χ1n) is 7.81. The Hall–Kier alpha value is -2.08. The fourth-order valence-corrected chi connectivity index (χ4v) is 3.04. The van der Waals surface area contributed by atoms with Crippen LogP contribution >= 0.6 is 11.6 Å². The fourth-order valence-electron chi connectivity index (χ4n) is 2.86. The van der Waals surface area contributed by atoms with E-state index in [0.717, 1.165) is 36.7 Å². The van der Waals surface area contributed by atoms with E-state index in [0.29, 0.717) is 17.1 Å². The van der Waals surface area contributed by atoms with Gasteiger partial charge < -0.3 is 10.6 Å². The number of hydrogen-bond acceptors (Lipinski definition) is 4. The molecule has 2 aromatic rings. The lowest BCUT2D eigenvalue weighted by Gasteiger charge is -2.24. The summed E-state index contributed by atoms with van der Waals surface area (Å²) < 4.78 is 1.88. The van der Waals surface area contributed by atoms with Crippen LogP contribution in [0.2, 0.25) is 5.02 Å². The molecule has 1 aromatic carbocycles. The molecular formula is C16H20ClN5O. The van der Waals surface area contributed by atoms with Crippen molar-refractivity contribution in [2.45, 2.75) is 39.3 Å². The van der Waals surface area contributed by atoms with E-state index in [9.17, 15) is 4.79 Å². The molecule has 23 heavy (non-hydrogen) atoms. The Morgan fingerprint density at radius 3 is 3.09 bits per heavy atom. The van der Waals surface area contributed by atoms with E-state index < -0.39 is 0 Å². The highest BCUT2D eigenvalue weighted by molar-refractivity contribution is 6.31. The molecule has 6 nitrogen and oxygen atoms in total. The molecule has 1 aliphatic rings. The second kappa shape index (κ2) is 6.58. The van der Waals surface area contributed by atoms with Crippen LogP contribution in [-0.2, 0) is 13.0 Å². The van der Waals surface area contributed by atoms with E-state index >= 15 is 0 Å². The Kier molecular flexibility index (Phi) is 4.52. The molecule has 0 unspecified atom stereocenters. The quantitative estimate of drug-likeness (QED) is 0.901. The maximum absolute atomic E-state index is 12.6. The largest absolute Gasteiger partial charge is 0.385 e. The molecular weight excluding hydrogens is 314 g/mol.